The minimum Gasteiger partial charge on any atom is -0.426 e. The lowest BCUT2D eigenvalue weighted by atomic mass is 10.0. The number of aromatic amines is 1. The molecule has 0 saturated carbocycles. The molecule has 4 aromatic rings. The molecule has 0 aliphatic rings. The molecule has 0 atom stereocenters. The van der Waals surface area contributed by atoms with E-state index in [1.54, 1.807) is 36.4 Å². The molecule has 0 aliphatic heterocycles. The highest BCUT2D eigenvalue weighted by Gasteiger charge is 2.15. The van der Waals surface area contributed by atoms with Crippen molar-refractivity contribution >= 4 is 28.7 Å². The van der Waals surface area contributed by atoms with Crippen LogP contribution in [0.1, 0.15) is 18.1 Å². The molecule has 0 radical (unpaired) electrons. The van der Waals surface area contributed by atoms with Crippen LogP contribution in [0.3, 0.4) is 0 Å². The van der Waals surface area contributed by atoms with Crippen LogP contribution in [0.15, 0.2) is 60.7 Å². The summed E-state index contributed by atoms with van der Waals surface area (Å²) in [6.07, 6.45) is 0. The fourth-order valence-corrected chi connectivity index (χ4v) is 3.29. The number of hydrogen-bond acceptors (Lipinski definition) is 5. The molecule has 3 aromatic carbocycles. The normalized spacial score (nSPS) is 10.7. The second-order valence-corrected chi connectivity index (χ2v) is 7.03. The zero-order valence-corrected chi connectivity index (χ0v) is 16.7. The number of aromatic nitrogens is 2. The van der Waals surface area contributed by atoms with Crippen LogP contribution in [-0.4, -0.2) is 27.6 Å². The first-order valence-electron chi connectivity index (χ1n) is 9.43. The molecule has 0 spiro atoms. The number of fused-ring (bicyclic) bond motifs is 1. The summed E-state index contributed by atoms with van der Waals surface area (Å²) in [7, 11) is 0. The van der Waals surface area contributed by atoms with Gasteiger partial charge in [0.05, 0.1) is 16.6 Å². The van der Waals surface area contributed by atoms with Crippen LogP contribution in [-0.2, 0) is 4.79 Å². The number of rotatable bonds is 5. The maximum atomic E-state index is 11.6. The molecular formula is C23H20N6O2. The van der Waals surface area contributed by atoms with Crippen LogP contribution in [0, 0.1) is 10.8 Å². The number of imidazole rings is 1. The molecule has 0 amide bonds. The van der Waals surface area contributed by atoms with E-state index < -0.39 is 5.97 Å². The van der Waals surface area contributed by atoms with E-state index in [0.717, 1.165) is 11.1 Å². The Hall–Kier alpha value is -4.46. The first-order valence-corrected chi connectivity index (χ1v) is 9.43. The average molecular weight is 412 g/mol. The lowest BCUT2D eigenvalue weighted by Crippen LogP contribution is -2.10. The van der Waals surface area contributed by atoms with Crippen molar-refractivity contribution in [1.82, 2.24) is 9.97 Å². The maximum absolute atomic E-state index is 11.6. The molecule has 0 unspecified atom stereocenters. The fraction of sp³-hybridized carbons (Fsp3) is 0.0435. The molecule has 0 aliphatic carbocycles. The van der Waals surface area contributed by atoms with Gasteiger partial charge in [0, 0.05) is 18.1 Å². The predicted molar refractivity (Wildman–Crippen MR) is 120 cm³/mol. The van der Waals surface area contributed by atoms with Crippen molar-refractivity contribution in [2.24, 2.45) is 11.5 Å². The number of nitrogens with two attached hydrogens (primary N) is 2. The number of esters is 1. The Labute approximate surface area is 177 Å². The third-order valence-corrected chi connectivity index (χ3v) is 4.81. The first-order chi connectivity index (χ1) is 14.8. The smallest absolute Gasteiger partial charge is 0.308 e. The SMILES string of the molecule is CC(=O)Oc1ccc(-c2ccc(C(=N)N)cc2)cc1-c1nc2ccc(C(=N)N)cc2[nH]1. The first kappa shape index (κ1) is 19.8. The van der Waals surface area contributed by atoms with Gasteiger partial charge in [0.1, 0.15) is 23.2 Å². The number of carbonyl (C=O) groups is 1. The summed E-state index contributed by atoms with van der Waals surface area (Å²) in [5.74, 6) is 0.436. The summed E-state index contributed by atoms with van der Waals surface area (Å²) in [5, 5.41) is 15.2. The van der Waals surface area contributed by atoms with Gasteiger partial charge in [-0.2, -0.15) is 0 Å². The van der Waals surface area contributed by atoms with Gasteiger partial charge >= 0.3 is 5.97 Å². The van der Waals surface area contributed by atoms with Crippen molar-refractivity contribution < 1.29 is 9.53 Å². The van der Waals surface area contributed by atoms with Gasteiger partial charge in [-0.3, -0.25) is 15.6 Å². The van der Waals surface area contributed by atoms with Crippen LogP contribution in [0.25, 0.3) is 33.5 Å². The van der Waals surface area contributed by atoms with E-state index in [0.29, 0.717) is 39.3 Å². The van der Waals surface area contributed by atoms with E-state index in [9.17, 15) is 4.79 Å². The van der Waals surface area contributed by atoms with Crippen molar-refractivity contribution in [3.63, 3.8) is 0 Å². The quantitative estimate of drug-likeness (QED) is 0.147. The number of amidine groups is 2. The minimum absolute atomic E-state index is 0.00431. The van der Waals surface area contributed by atoms with Crippen LogP contribution in [0.5, 0.6) is 5.75 Å². The van der Waals surface area contributed by atoms with Crippen LogP contribution in [0.4, 0.5) is 0 Å². The van der Waals surface area contributed by atoms with Crippen LogP contribution >= 0.6 is 0 Å². The van der Waals surface area contributed by atoms with E-state index in [2.05, 4.69) is 9.97 Å². The van der Waals surface area contributed by atoms with Gasteiger partial charge in [-0.1, -0.05) is 30.3 Å². The highest BCUT2D eigenvalue weighted by molar-refractivity contribution is 5.98. The lowest BCUT2D eigenvalue weighted by Gasteiger charge is -2.10. The molecule has 1 aromatic heterocycles. The Morgan fingerprint density at radius 3 is 2.19 bits per heavy atom. The zero-order valence-electron chi connectivity index (χ0n) is 16.7. The number of H-pyrrole nitrogens is 1. The molecule has 0 fully saturated rings. The Morgan fingerprint density at radius 2 is 1.55 bits per heavy atom. The summed E-state index contributed by atoms with van der Waals surface area (Å²) < 4.78 is 5.40. The summed E-state index contributed by atoms with van der Waals surface area (Å²) in [6.45, 7) is 1.34. The van der Waals surface area contributed by atoms with E-state index in [-0.39, 0.29) is 11.7 Å². The molecule has 0 bridgehead atoms. The van der Waals surface area contributed by atoms with Gasteiger partial charge in [-0.05, 0) is 41.5 Å². The maximum Gasteiger partial charge on any atom is 0.308 e. The monoisotopic (exact) mass is 412 g/mol. The molecular weight excluding hydrogens is 392 g/mol. The number of benzene rings is 3. The molecule has 8 nitrogen and oxygen atoms in total. The second-order valence-electron chi connectivity index (χ2n) is 7.03. The molecule has 31 heavy (non-hydrogen) atoms. The third kappa shape index (κ3) is 3.99. The summed E-state index contributed by atoms with van der Waals surface area (Å²) in [6, 6.07) is 18.0. The Morgan fingerprint density at radius 1 is 0.903 bits per heavy atom. The van der Waals surface area contributed by atoms with Gasteiger partial charge in [-0.25, -0.2) is 4.98 Å². The summed E-state index contributed by atoms with van der Waals surface area (Å²) in [5.41, 5.74) is 16.2. The van der Waals surface area contributed by atoms with Gasteiger partial charge in [-0.15, -0.1) is 0 Å². The minimum atomic E-state index is -0.435. The van der Waals surface area contributed by atoms with Crippen LogP contribution in [0.2, 0.25) is 0 Å². The lowest BCUT2D eigenvalue weighted by molar-refractivity contribution is -0.131. The number of nitrogen functional groups attached to an aromatic ring is 2. The fourth-order valence-electron chi connectivity index (χ4n) is 3.29. The largest absolute Gasteiger partial charge is 0.426 e. The van der Waals surface area contributed by atoms with Crippen molar-refractivity contribution in [2.45, 2.75) is 6.92 Å². The number of hydrogen-bond donors (Lipinski definition) is 5. The zero-order chi connectivity index (χ0) is 22.1. The Balaban J connectivity index is 1.83. The Bertz CT molecular complexity index is 1340. The predicted octanol–water partition coefficient (Wildman–Crippen LogP) is 3.39. The third-order valence-electron chi connectivity index (χ3n) is 4.81. The van der Waals surface area contributed by atoms with Crippen molar-refractivity contribution in [3.05, 3.63) is 71.8 Å². The molecule has 7 N–H and O–H groups in total. The average Bonchev–Trinajstić information content (AvgIpc) is 3.17. The van der Waals surface area contributed by atoms with Gasteiger partial charge in [0.25, 0.3) is 0 Å². The molecule has 8 heteroatoms. The molecule has 1 heterocycles. The second kappa shape index (κ2) is 7.75. The standard InChI is InChI=1S/C23H20N6O2/c1-12(30)31-20-9-7-15(13-2-4-14(5-3-13)21(24)25)10-17(20)23-28-18-8-6-16(22(26)27)11-19(18)29-23/h2-11H,1H3,(H3,24,25)(H3,26,27)(H,28,29). The number of ether oxygens (including phenoxy) is 1. The van der Waals surface area contributed by atoms with Crippen molar-refractivity contribution in [3.8, 4) is 28.3 Å². The number of carbonyl (C=O) groups excluding carboxylic acids is 1. The van der Waals surface area contributed by atoms with E-state index >= 15 is 0 Å². The van der Waals surface area contributed by atoms with Gasteiger partial charge in [0.15, 0.2) is 0 Å². The number of nitrogens with one attached hydrogen (secondary N) is 3. The summed E-state index contributed by atoms with van der Waals surface area (Å²) in [4.78, 5) is 19.5. The summed E-state index contributed by atoms with van der Waals surface area (Å²) >= 11 is 0. The van der Waals surface area contributed by atoms with E-state index in [1.807, 2.05) is 24.3 Å². The highest BCUT2D eigenvalue weighted by atomic mass is 16.5. The van der Waals surface area contributed by atoms with Crippen molar-refractivity contribution in [1.29, 1.82) is 10.8 Å². The number of nitrogens with zero attached hydrogens (tertiary/aromatic N) is 1. The van der Waals surface area contributed by atoms with E-state index in [4.69, 9.17) is 27.0 Å². The van der Waals surface area contributed by atoms with Crippen LogP contribution < -0.4 is 16.2 Å². The molecule has 4 rings (SSSR count). The Kier molecular flexibility index (Phi) is 4.96. The molecule has 0 saturated heterocycles. The molecule has 154 valence electrons. The topological polar surface area (TPSA) is 155 Å². The van der Waals surface area contributed by atoms with Gasteiger partial charge in [0.2, 0.25) is 0 Å². The highest BCUT2D eigenvalue weighted by Crippen LogP contribution is 2.34. The van der Waals surface area contributed by atoms with E-state index in [1.165, 1.54) is 6.92 Å². The van der Waals surface area contributed by atoms with Crippen molar-refractivity contribution in [2.75, 3.05) is 0 Å². The van der Waals surface area contributed by atoms with Gasteiger partial charge < -0.3 is 21.2 Å².